The van der Waals surface area contributed by atoms with Gasteiger partial charge in [0.2, 0.25) is 5.91 Å². The molecule has 1 amide bonds. The van der Waals surface area contributed by atoms with Crippen molar-refractivity contribution in [1.82, 2.24) is 4.90 Å². The van der Waals surface area contributed by atoms with Crippen molar-refractivity contribution in [1.29, 1.82) is 0 Å². The lowest BCUT2D eigenvalue weighted by Gasteiger charge is -2.08. The molecule has 2 heterocycles. The molecule has 0 spiro atoms. The summed E-state index contributed by atoms with van der Waals surface area (Å²) in [7, 11) is 0. The van der Waals surface area contributed by atoms with Gasteiger partial charge in [0.05, 0.1) is 12.1 Å². The van der Waals surface area contributed by atoms with Gasteiger partial charge in [-0.05, 0) is 12.2 Å². The van der Waals surface area contributed by atoms with Crippen LogP contribution in [-0.4, -0.2) is 16.6 Å². The van der Waals surface area contributed by atoms with Gasteiger partial charge >= 0.3 is 0 Å². The van der Waals surface area contributed by atoms with Crippen LogP contribution in [0.3, 0.4) is 0 Å². The second-order valence-electron chi connectivity index (χ2n) is 2.64. The molecular weight excluding hydrogens is 154 g/mol. The standard InChI is InChI=1S/C9H7NO2/c11-8-6-9(12)10-5-3-1-2-4-7(8)10/h1-5H,6H2. The van der Waals surface area contributed by atoms with E-state index in [0.29, 0.717) is 5.70 Å². The zero-order valence-electron chi connectivity index (χ0n) is 6.36. The maximum Gasteiger partial charge on any atom is 0.239 e. The van der Waals surface area contributed by atoms with Gasteiger partial charge in [-0.2, -0.15) is 0 Å². The Morgan fingerprint density at radius 3 is 2.83 bits per heavy atom. The van der Waals surface area contributed by atoms with Crippen LogP contribution < -0.4 is 0 Å². The van der Waals surface area contributed by atoms with Gasteiger partial charge in [-0.3, -0.25) is 14.5 Å². The van der Waals surface area contributed by atoms with E-state index in [-0.39, 0.29) is 18.1 Å². The highest BCUT2D eigenvalue weighted by atomic mass is 16.2. The first-order valence-corrected chi connectivity index (χ1v) is 3.69. The summed E-state index contributed by atoms with van der Waals surface area (Å²) in [6.45, 7) is 0. The van der Waals surface area contributed by atoms with E-state index in [1.54, 1.807) is 30.5 Å². The number of carbonyl (C=O) groups is 2. The molecule has 2 aliphatic rings. The second-order valence-corrected chi connectivity index (χ2v) is 2.64. The minimum Gasteiger partial charge on any atom is -0.292 e. The van der Waals surface area contributed by atoms with Crippen molar-refractivity contribution in [2.75, 3.05) is 0 Å². The molecule has 0 unspecified atom stereocenters. The first-order valence-electron chi connectivity index (χ1n) is 3.69. The van der Waals surface area contributed by atoms with Gasteiger partial charge in [0.1, 0.15) is 0 Å². The third-order valence-electron chi connectivity index (χ3n) is 1.84. The van der Waals surface area contributed by atoms with Crippen molar-refractivity contribution < 1.29 is 9.59 Å². The molecule has 0 aliphatic carbocycles. The highest BCUT2D eigenvalue weighted by Gasteiger charge is 2.31. The summed E-state index contributed by atoms with van der Waals surface area (Å²) in [5, 5.41) is 0. The minimum atomic E-state index is -0.147. The number of Topliss-reactive ketones (excluding diaryl/α,β-unsaturated/α-hetero) is 1. The molecule has 0 atom stereocenters. The molecule has 0 bridgehead atoms. The van der Waals surface area contributed by atoms with Gasteiger partial charge in [0, 0.05) is 6.20 Å². The summed E-state index contributed by atoms with van der Waals surface area (Å²) in [5.74, 6) is -0.248. The molecule has 0 aromatic rings. The van der Waals surface area contributed by atoms with Crippen LogP contribution in [0.5, 0.6) is 0 Å². The molecule has 0 aromatic carbocycles. The van der Waals surface area contributed by atoms with Crippen molar-refractivity contribution in [2.45, 2.75) is 6.42 Å². The molecule has 1 saturated heterocycles. The lowest BCUT2D eigenvalue weighted by Crippen LogP contribution is -2.15. The largest absolute Gasteiger partial charge is 0.292 e. The molecule has 1 fully saturated rings. The molecule has 2 rings (SSSR count). The molecule has 0 saturated carbocycles. The maximum atomic E-state index is 11.2. The summed E-state index contributed by atoms with van der Waals surface area (Å²) < 4.78 is 0. The lowest BCUT2D eigenvalue weighted by atomic mass is 10.2. The first-order chi connectivity index (χ1) is 5.79. The highest BCUT2D eigenvalue weighted by molar-refractivity contribution is 6.15. The zero-order chi connectivity index (χ0) is 8.55. The Hall–Kier alpha value is -1.64. The zero-order valence-corrected chi connectivity index (χ0v) is 6.36. The molecule has 0 aromatic heterocycles. The average molecular weight is 161 g/mol. The van der Waals surface area contributed by atoms with Crippen LogP contribution in [0.1, 0.15) is 6.42 Å². The predicted molar refractivity (Wildman–Crippen MR) is 42.8 cm³/mol. The Morgan fingerprint density at radius 2 is 2.00 bits per heavy atom. The Morgan fingerprint density at radius 1 is 1.17 bits per heavy atom. The molecule has 60 valence electrons. The summed E-state index contributed by atoms with van der Waals surface area (Å²) in [5.41, 5.74) is 0.477. The van der Waals surface area contributed by atoms with Gasteiger partial charge in [0.15, 0.2) is 5.78 Å². The van der Waals surface area contributed by atoms with Gasteiger partial charge in [-0.1, -0.05) is 12.2 Å². The Balaban J connectivity index is 2.47. The third kappa shape index (κ3) is 0.906. The fraction of sp³-hybridized carbons (Fsp3) is 0.111. The monoisotopic (exact) mass is 161 g/mol. The third-order valence-corrected chi connectivity index (χ3v) is 1.84. The van der Waals surface area contributed by atoms with E-state index in [9.17, 15) is 9.59 Å². The minimum absolute atomic E-state index is 0.00398. The fourth-order valence-electron chi connectivity index (χ4n) is 1.27. The molecule has 0 radical (unpaired) electrons. The predicted octanol–water partition coefficient (Wildman–Crippen LogP) is 0.755. The van der Waals surface area contributed by atoms with E-state index >= 15 is 0 Å². The number of fused-ring (bicyclic) bond motifs is 1. The van der Waals surface area contributed by atoms with Crippen LogP contribution in [0.25, 0.3) is 0 Å². The van der Waals surface area contributed by atoms with Crippen LogP contribution in [0.4, 0.5) is 0 Å². The van der Waals surface area contributed by atoms with E-state index in [2.05, 4.69) is 0 Å². The van der Waals surface area contributed by atoms with Crippen molar-refractivity contribution >= 4 is 11.7 Å². The van der Waals surface area contributed by atoms with Crippen LogP contribution in [-0.2, 0) is 9.59 Å². The Bertz CT molecular complexity index is 336. The van der Waals surface area contributed by atoms with Crippen molar-refractivity contribution in [3.63, 3.8) is 0 Å². The molecule has 12 heavy (non-hydrogen) atoms. The quantitative estimate of drug-likeness (QED) is 0.492. The van der Waals surface area contributed by atoms with Crippen LogP contribution in [0, 0.1) is 0 Å². The first kappa shape index (κ1) is 7.03. The van der Waals surface area contributed by atoms with E-state index in [0.717, 1.165) is 0 Å². The number of carbonyl (C=O) groups excluding carboxylic acids is 2. The molecule has 3 heteroatoms. The Labute approximate surface area is 69.7 Å². The number of amides is 1. The number of hydrogen-bond donors (Lipinski definition) is 0. The van der Waals surface area contributed by atoms with Gasteiger partial charge in [-0.25, -0.2) is 0 Å². The fourth-order valence-corrected chi connectivity index (χ4v) is 1.27. The summed E-state index contributed by atoms with van der Waals surface area (Å²) in [6.07, 6.45) is 8.55. The summed E-state index contributed by atoms with van der Waals surface area (Å²) in [4.78, 5) is 23.7. The summed E-state index contributed by atoms with van der Waals surface area (Å²) >= 11 is 0. The van der Waals surface area contributed by atoms with Crippen LogP contribution in [0.15, 0.2) is 36.2 Å². The van der Waals surface area contributed by atoms with Crippen LogP contribution >= 0.6 is 0 Å². The van der Waals surface area contributed by atoms with E-state index in [4.69, 9.17) is 0 Å². The van der Waals surface area contributed by atoms with Gasteiger partial charge < -0.3 is 0 Å². The van der Waals surface area contributed by atoms with Gasteiger partial charge in [0.25, 0.3) is 0 Å². The number of ketones is 1. The number of rotatable bonds is 0. The topological polar surface area (TPSA) is 37.4 Å². The van der Waals surface area contributed by atoms with Crippen molar-refractivity contribution in [3.05, 3.63) is 36.2 Å². The average Bonchev–Trinajstić information content (AvgIpc) is 2.29. The van der Waals surface area contributed by atoms with Gasteiger partial charge in [-0.15, -0.1) is 0 Å². The maximum absolute atomic E-state index is 11.2. The SMILES string of the molecule is O=C1CC(=O)N2C=CC=CC=C12. The van der Waals surface area contributed by atoms with E-state index in [1.807, 2.05) is 0 Å². The molecule has 3 nitrogen and oxygen atoms in total. The molecule has 0 N–H and O–H groups in total. The van der Waals surface area contributed by atoms with Crippen molar-refractivity contribution in [2.24, 2.45) is 0 Å². The molecule has 2 aliphatic heterocycles. The van der Waals surface area contributed by atoms with Crippen molar-refractivity contribution in [3.8, 4) is 0 Å². The number of nitrogens with zero attached hydrogens (tertiary/aromatic N) is 1. The Kier molecular flexibility index (Phi) is 1.43. The summed E-state index contributed by atoms with van der Waals surface area (Å²) in [6, 6.07) is 0. The lowest BCUT2D eigenvalue weighted by molar-refractivity contribution is -0.125. The van der Waals surface area contributed by atoms with E-state index < -0.39 is 0 Å². The number of allylic oxidation sites excluding steroid dienone is 5. The normalized spacial score (nSPS) is 21.0. The second kappa shape index (κ2) is 2.44. The number of hydrogen-bond acceptors (Lipinski definition) is 2. The molecular formula is C9H7NO2. The smallest absolute Gasteiger partial charge is 0.239 e. The van der Waals surface area contributed by atoms with E-state index in [1.165, 1.54) is 4.90 Å². The van der Waals surface area contributed by atoms with Crippen LogP contribution in [0.2, 0.25) is 0 Å². The highest BCUT2D eigenvalue weighted by Crippen LogP contribution is 2.20.